The van der Waals surface area contributed by atoms with Crippen LogP contribution in [0.5, 0.6) is 0 Å². The Morgan fingerprint density at radius 2 is 1.70 bits per heavy atom. The van der Waals surface area contributed by atoms with Crippen molar-refractivity contribution in [3.63, 3.8) is 0 Å². The molecular formula is C24H27ClN2. The largest absolute Gasteiger partial charge is 0.313 e. The fourth-order valence-electron chi connectivity index (χ4n) is 5.40. The predicted molar refractivity (Wildman–Crippen MR) is 114 cm³/mol. The second kappa shape index (κ2) is 6.39. The fraction of sp³-hybridized carbons (Fsp3) is 0.417. The van der Waals surface area contributed by atoms with Gasteiger partial charge in [0, 0.05) is 42.3 Å². The Kier molecular flexibility index (Phi) is 4.10. The molecule has 0 saturated heterocycles. The lowest BCUT2D eigenvalue weighted by Gasteiger charge is -2.33. The summed E-state index contributed by atoms with van der Waals surface area (Å²) in [5, 5.41) is 1.50. The molecule has 2 nitrogen and oxygen atoms in total. The van der Waals surface area contributed by atoms with Gasteiger partial charge in [0.05, 0.1) is 5.52 Å². The summed E-state index contributed by atoms with van der Waals surface area (Å²) in [5.41, 5.74) is 9.10. The van der Waals surface area contributed by atoms with E-state index >= 15 is 0 Å². The number of para-hydroxylation sites is 2. The molecule has 1 unspecified atom stereocenters. The van der Waals surface area contributed by atoms with Gasteiger partial charge in [-0.05, 0) is 61.3 Å². The van der Waals surface area contributed by atoms with Crippen molar-refractivity contribution >= 4 is 23.3 Å². The molecule has 0 spiro atoms. The number of hydrogen-bond donors (Lipinski definition) is 0. The van der Waals surface area contributed by atoms with Gasteiger partial charge in [-0.2, -0.15) is 0 Å². The average molecular weight is 379 g/mol. The zero-order chi connectivity index (χ0) is 17.3. The second-order valence-corrected chi connectivity index (χ2v) is 8.50. The molecule has 1 saturated carbocycles. The molecular weight excluding hydrogens is 352 g/mol. The van der Waals surface area contributed by atoms with Crippen LogP contribution < -0.4 is 0 Å². The van der Waals surface area contributed by atoms with Crippen LogP contribution in [0.15, 0.2) is 42.5 Å². The summed E-state index contributed by atoms with van der Waals surface area (Å²) in [6.45, 7) is 4.78. The van der Waals surface area contributed by atoms with E-state index in [2.05, 4.69) is 58.9 Å². The lowest BCUT2D eigenvalue weighted by molar-refractivity contribution is 0.172. The van der Waals surface area contributed by atoms with Crippen molar-refractivity contribution in [1.82, 2.24) is 9.47 Å². The molecule has 0 N–H and O–H groups in total. The first-order valence-electron chi connectivity index (χ1n) is 10.3. The SMILES string of the molecule is CC(C1CC1)N1CCc2c(c3cccc4c3n2-c2ccccc2CC4)C1.Cl. The molecule has 1 fully saturated rings. The molecule has 0 amide bonds. The molecule has 3 aliphatic rings. The minimum absolute atomic E-state index is 0. The number of aryl methyl sites for hydroxylation is 2. The third-order valence-corrected chi connectivity index (χ3v) is 7.06. The monoisotopic (exact) mass is 378 g/mol. The van der Waals surface area contributed by atoms with Gasteiger partial charge in [0.15, 0.2) is 0 Å². The van der Waals surface area contributed by atoms with E-state index in [0.717, 1.165) is 31.3 Å². The summed E-state index contributed by atoms with van der Waals surface area (Å²) in [7, 11) is 0. The first-order valence-corrected chi connectivity index (χ1v) is 10.3. The molecule has 3 heterocycles. The molecule has 2 aromatic carbocycles. The van der Waals surface area contributed by atoms with Gasteiger partial charge < -0.3 is 4.57 Å². The smallest absolute Gasteiger partial charge is 0.0567 e. The van der Waals surface area contributed by atoms with E-state index in [1.165, 1.54) is 53.5 Å². The number of nitrogens with zero attached hydrogens (tertiary/aromatic N) is 2. The zero-order valence-corrected chi connectivity index (χ0v) is 16.8. The van der Waals surface area contributed by atoms with E-state index in [1.54, 1.807) is 11.3 Å². The van der Waals surface area contributed by atoms with Crippen LogP contribution >= 0.6 is 12.4 Å². The van der Waals surface area contributed by atoms with E-state index in [0.29, 0.717) is 0 Å². The summed E-state index contributed by atoms with van der Waals surface area (Å²) < 4.78 is 2.63. The van der Waals surface area contributed by atoms with E-state index in [1.807, 2.05) is 0 Å². The summed E-state index contributed by atoms with van der Waals surface area (Å²) in [6.07, 6.45) is 6.35. The van der Waals surface area contributed by atoms with Crippen LogP contribution in [0.25, 0.3) is 16.6 Å². The lowest BCUT2D eigenvalue weighted by Crippen LogP contribution is -2.39. The molecule has 1 atom stereocenters. The van der Waals surface area contributed by atoms with E-state index < -0.39 is 0 Å². The van der Waals surface area contributed by atoms with Crippen LogP contribution in [-0.4, -0.2) is 22.1 Å². The first-order chi connectivity index (χ1) is 12.8. The maximum Gasteiger partial charge on any atom is 0.0567 e. The predicted octanol–water partition coefficient (Wildman–Crippen LogP) is 5.31. The number of aromatic nitrogens is 1. The Morgan fingerprint density at radius 1 is 0.926 bits per heavy atom. The lowest BCUT2D eigenvalue weighted by atomic mass is 9.98. The molecule has 1 aromatic heterocycles. The number of hydrogen-bond acceptors (Lipinski definition) is 1. The molecule has 1 aliphatic carbocycles. The van der Waals surface area contributed by atoms with Crippen molar-refractivity contribution in [3.05, 3.63) is 64.8 Å². The highest BCUT2D eigenvalue weighted by atomic mass is 35.5. The zero-order valence-electron chi connectivity index (χ0n) is 15.9. The highest BCUT2D eigenvalue weighted by molar-refractivity contribution is 5.91. The summed E-state index contributed by atoms with van der Waals surface area (Å²) in [6, 6.07) is 16.8. The van der Waals surface area contributed by atoms with Crippen molar-refractivity contribution in [2.75, 3.05) is 6.54 Å². The summed E-state index contributed by atoms with van der Waals surface area (Å²) >= 11 is 0. The molecule has 6 rings (SSSR count). The van der Waals surface area contributed by atoms with Crippen LogP contribution in [0, 0.1) is 5.92 Å². The third kappa shape index (κ3) is 2.57. The number of fused-ring (bicyclic) bond motifs is 5. The number of benzene rings is 2. The van der Waals surface area contributed by atoms with E-state index in [4.69, 9.17) is 0 Å². The fourth-order valence-corrected chi connectivity index (χ4v) is 5.40. The Morgan fingerprint density at radius 3 is 2.56 bits per heavy atom. The van der Waals surface area contributed by atoms with Gasteiger partial charge in [-0.15, -0.1) is 12.4 Å². The number of rotatable bonds is 2. The Balaban J connectivity index is 0.00000160. The maximum absolute atomic E-state index is 2.74. The van der Waals surface area contributed by atoms with Crippen LogP contribution in [0.1, 0.15) is 42.1 Å². The van der Waals surface area contributed by atoms with Gasteiger partial charge in [0.2, 0.25) is 0 Å². The summed E-state index contributed by atoms with van der Waals surface area (Å²) in [5.74, 6) is 0.945. The molecule has 0 bridgehead atoms. The molecule has 0 radical (unpaired) electrons. The van der Waals surface area contributed by atoms with E-state index in [9.17, 15) is 0 Å². The quantitative estimate of drug-likeness (QED) is 0.586. The van der Waals surface area contributed by atoms with Crippen LogP contribution in [0.4, 0.5) is 0 Å². The van der Waals surface area contributed by atoms with Crippen molar-refractivity contribution in [3.8, 4) is 5.69 Å². The van der Waals surface area contributed by atoms with Gasteiger partial charge in [0.25, 0.3) is 0 Å². The third-order valence-electron chi connectivity index (χ3n) is 7.06. The molecule has 27 heavy (non-hydrogen) atoms. The van der Waals surface area contributed by atoms with Gasteiger partial charge in [-0.1, -0.05) is 36.4 Å². The van der Waals surface area contributed by atoms with Gasteiger partial charge in [-0.3, -0.25) is 4.90 Å². The van der Waals surface area contributed by atoms with Gasteiger partial charge >= 0.3 is 0 Å². The van der Waals surface area contributed by atoms with Crippen molar-refractivity contribution in [2.45, 2.75) is 51.6 Å². The van der Waals surface area contributed by atoms with Crippen molar-refractivity contribution in [2.24, 2.45) is 5.92 Å². The maximum atomic E-state index is 2.74. The normalized spacial score (nSPS) is 19.7. The second-order valence-electron chi connectivity index (χ2n) is 8.50. The van der Waals surface area contributed by atoms with E-state index in [-0.39, 0.29) is 12.4 Å². The van der Waals surface area contributed by atoms with Gasteiger partial charge in [-0.25, -0.2) is 0 Å². The molecule has 3 heteroatoms. The van der Waals surface area contributed by atoms with Crippen molar-refractivity contribution in [1.29, 1.82) is 0 Å². The first kappa shape index (κ1) is 17.3. The van der Waals surface area contributed by atoms with Crippen LogP contribution in [-0.2, 0) is 25.8 Å². The Hall–Kier alpha value is -1.77. The highest BCUT2D eigenvalue weighted by Crippen LogP contribution is 2.41. The van der Waals surface area contributed by atoms with Crippen LogP contribution in [0.2, 0.25) is 0 Å². The van der Waals surface area contributed by atoms with Crippen molar-refractivity contribution < 1.29 is 0 Å². The number of halogens is 1. The standard InChI is InChI=1S/C24H26N2.ClH/c1-16(17-9-10-17)25-14-13-23-21(15-25)20-7-4-6-19-12-11-18-5-2-3-8-22(18)26(23)24(19)20;/h2-8,16-17H,9-15H2,1H3;1H. The minimum Gasteiger partial charge on any atom is -0.313 e. The molecule has 3 aromatic rings. The topological polar surface area (TPSA) is 8.17 Å². The molecule has 2 aliphatic heterocycles. The highest BCUT2D eigenvalue weighted by Gasteiger charge is 2.35. The Bertz CT molecular complexity index is 1010. The summed E-state index contributed by atoms with van der Waals surface area (Å²) in [4.78, 5) is 2.74. The average Bonchev–Trinajstić information content (AvgIpc) is 3.49. The molecule has 140 valence electrons. The minimum atomic E-state index is 0. The van der Waals surface area contributed by atoms with Crippen LogP contribution in [0.3, 0.4) is 0 Å². The Labute approximate surface area is 167 Å². The van der Waals surface area contributed by atoms with Gasteiger partial charge in [0.1, 0.15) is 0 Å².